The minimum Gasteiger partial charge on any atom is -0.478 e. The maximum Gasteiger partial charge on any atom is 0.335 e. The van der Waals surface area contributed by atoms with Crippen LogP contribution >= 0.6 is 0 Å². The van der Waals surface area contributed by atoms with Crippen LogP contribution in [0.2, 0.25) is 0 Å². The van der Waals surface area contributed by atoms with Gasteiger partial charge < -0.3 is 5.11 Å². The molecule has 82 valence electrons. The van der Waals surface area contributed by atoms with Gasteiger partial charge in [-0.15, -0.1) is 0 Å². The molecule has 0 atom stereocenters. The van der Waals surface area contributed by atoms with Crippen molar-refractivity contribution in [2.24, 2.45) is 0 Å². The summed E-state index contributed by atoms with van der Waals surface area (Å²) in [6.45, 7) is 2.81. The molecule has 0 unspecified atom stereocenters. The molecule has 2 aromatic rings. The van der Waals surface area contributed by atoms with E-state index in [0.29, 0.717) is 5.56 Å². The van der Waals surface area contributed by atoms with Crippen molar-refractivity contribution in [3.05, 3.63) is 42.2 Å². The first kappa shape index (κ1) is 10.4. The molecule has 0 fully saturated rings. The number of aromatic carboxylic acids is 1. The van der Waals surface area contributed by atoms with Crippen molar-refractivity contribution in [1.82, 2.24) is 9.78 Å². The molecule has 0 spiro atoms. The van der Waals surface area contributed by atoms with E-state index < -0.39 is 5.97 Å². The van der Waals surface area contributed by atoms with Crippen molar-refractivity contribution in [2.75, 3.05) is 0 Å². The highest BCUT2D eigenvalue weighted by atomic mass is 16.4. The predicted molar refractivity (Wildman–Crippen MR) is 60.3 cm³/mol. The van der Waals surface area contributed by atoms with Gasteiger partial charge in [-0.3, -0.25) is 4.68 Å². The van der Waals surface area contributed by atoms with E-state index in [1.807, 2.05) is 23.9 Å². The summed E-state index contributed by atoms with van der Waals surface area (Å²) in [4.78, 5) is 10.8. The van der Waals surface area contributed by atoms with Gasteiger partial charge in [-0.05, 0) is 24.6 Å². The van der Waals surface area contributed by atoms with Crippen molar-refractivity contribution in [3.8, 4) is 11.1 Å². The summed E-state index contributed by atoms with van der Waals surface area (Å²) >= 11 is 0. The summed E-state index contributed by atoms with van der Waals surface area (Å²) in [6.07, 6.45) is 3.64. The Kier molecular flexibility index (Phi) is 2.72. The molecule has 0 aliphatic rings. The second kappa shape index (κ2) is 4.18. The normalized spacial score (nSPS) is 10.3. The number of aromatic nitrogens is 2. The molecule has 4 nitrogen and oxygen atoms in total. The summed E-state index contributed by atoms with van der Waals surface area (Å²) in [6, 6.07) is 6.85. The summed E-state index contributed by atoms with van der Waals surface area (Å²) in [7, 11) is 0. The molecule has 0 bridgehead atoms. The van der Waals surface area contributed by atoms with E-state index >= 15 is 0 Å². The molecular weight excluding hydrogens is 204 g/mol. The predicted octanol–water partition coefficient (Wildman–Crippen LogP) is 2.27. The number of rotatable bonds is 3. The highest BCUT2D eigenvalue weighted by Crippen LogP contribution is 2.19. The topological polar surface area (TPSA) is 55.1 Å². The molecule has 4 heteroatoms. The minimum absolute atomic E-state index is 0.293. The van der Waals surface area contributed by atoms with E-state index in [1.54, 1.807) is 24.4 Å². The minimum atomic E-state index is -0.912. The Labute approximate surface area is 93.1 Å². The van der Waals surface area contributed by atoms with E-state index in [-0.39, 0.29) is 0 Å². The fraction of sp³-hybridized carbons (Fsp3) is 0.167. The Morgan fingerprint density at radius 1 is 1.44 bits per heavy atom. The number of aryl methyl sites for hydroxylation is 1. The fourth-order valence-corrected chi connectivity index (χ4v) is 1.52. The lowest BCUT2D eigenvalue weighted by atomic mass is 10.1. The van der Waals surface area contributed by atoms with Crippen LogP contribution in [0.5, 0.6) is 0 Å². The summed E-state index contributed by atoms with van der Waals surface area (Å²) < 4.78 is 1.81. The number of benzene rings is 1. The molecule has 0 saturated carbocycles. The molecular formula is C12H12N2O2. The lowest BCUT2D eigenvalue weighted by Gasteiger charge is -1.99. The molecule has 16 heavy (non-hydrogen) atoms. The molecule has 0 saturated heterocycles. The number of carboxylic acids is 1. The molecule has 2 rings (SSSR count). The van der Waals surface area contributed by atoms with Gasteiger partial charge in [-0.25, -0.2) is 4.79 Å². The highest BCUT2D eigenvalue weighted by Gasteiger charge is 2.05. The zero-order valence-corrected chi connectivity index (χ0v) is 8.92. The second-order valence-corrected chi connectivity index (χ2v) is 3.47. The third-order valence-electron chi connectivity index (χ3n) is 2.40. The van der Waals surface area contributed by atoms with E-state index in [0.717, 1.165) is 17.7 Å². The third-order valence-corrected chi connectivity index (χ3v) is 2.40. The molecule has 0 radical (unpaired) electrons. The van der Waals surface area contributed by atoms with Crippen LogP contribution in [-0.4, -0.2) is 20.9 Å². The van der Waals surface area contributed by atoms with Crippen molar-refractivity contribution in [1.29, 1.82) is 0 Å². The molecule has 0 aliphatic carbocycles. The number of hydrogen-bond donors (Lipinski definition) is 1. The van der Waals surface area contributed by atoms with Gasteiger partial charge in [0.1, 0.15) is 0 Å². The first-order chi connectivity index (χ1) is 7.70. The standard InChI is InChI=1S/C12H12N2O2/c1-2-14-8-11(7-13-14)9-4-3-5-10(6-9)12(15)16/h3-8H,2H2,1H3,(H,15,16). The molecule has 0 aliphatic heterocycles. The van der Waals surface area contributed by atoms with Gasteiger partial charge in [0.2, 0.25) is 0 Å². The van der Waals surface area contributed by atoms with Crippen molar-refractivity contribution in [2.45, 2.75) is 13.5 Å². The molecule has 1 N–H and O–H groups in total. The van der Waals surface area contributed by atoms with Crippen molar-refractivity contribution in [3.63, 3.8) is 0 Å². The van der Waals surface area contributed by atoms with Crippen LogP contribution in [0.25, 0.3) is 11.1 Å². The average molecular weight is 216 g/mol. The third kappa shape index (κ3) is 1.95. The summed E-state index contributed by atoms with van der Waals surface area (Å²) in [5, 5.41) is 13.0. The lowest BCUT2D eigenvalue weighted by molar-refractivity contribution is 0.0697. The Balaban J connectivity index is 2.40. The zero-order valence-electron chi connectivity index (χ0n) is 8.92. The van der Waals surface area contributed by atoms with Gasteiger partial charge in [0.15, 0.2) is 0 Å². The SMILES string of the molecule is CCn1cc(-c2cccc(C(=O)O)c2)cn1. The first-order valence-corrected chi connectivity index (χ1v) is 5.07. The van der Waals surface area contributed by atoms with Gasteiger partial charge in [0.05, 0.1) is 11.8 Å². The summed E-state index contributed by atoms with van der Waals surface area (Å²) in [5.41, 5.74) is 2.10. The van der Waals surface area contributed by atoms with Crippen molar-refractivity contribution < 1.29 is 9.90 Å². The number of nitrogens with zero attached hydrogens (tertiary/aromatic N) is 2. The molecule has 0 amide bonds. The van der Waals surface area contributed by atoms with Gasteiger partial charge in [0, 0.05) is 18.3 Å². The van der Waals surface area contributed by atoms with Crippen LogP contribution < -0.4 is 0 Å². The van der Waals surface area contributed by atoms with Crippen LogP contribution in [0.1, 0.15) is 17.3 Å². The average Bonchev–Trinajstić information content (AvgIpc) is 2.77. The van der Waals surface area contributed by atoms with Gasteiger partial charge in [0.25, 0.3) is 0 Å². The van der Waals surface area contributed by atoms with Gasteiger partial charge in [-0.2, -0.15) is 5.10 Å². The molecule has 1 aromatic carbocycles. The van der Waals surface area contributed by atoms with E-state index in [4.69, 9.17) is 5.11 Å². The number of hydrogen-bond acceptors (Lipinski definition) is 2. The second-order valence-electron chi connectivity index (χ2n) is 3.47. The maximum atomic E-state index is 10.8. The Morgan fingerprint density at radius 2 is 2.25 bits per heavy atom. The Bertz CT molecular complexity index is 517. The molecule has 1 aromatic heterocycles. The zero-order chi connectivity index (χ0) is 11.5. The van der Waals surface area contributed by atoms with E-state index in [9.17, 15) is 4.79 Å². The largest absolute Gasteiger partial charge is 0.478 e. The van der Waals surface area contributed by atoms with Gasteiger partial charge >= 0.3 is 5.97 Å². The highest BCUT2D eigenvalue weighted by molar-refractivity contribution is 5.89. The van der Waals surface area contributed by atoms with E-state index in [1.165, 1.54) is 0 Å². The quantitative estimate of drug-likeness (QED) is 0.856. The molecule has 1 heterocycles. The van der Waals surface area contributed by atoms with Crippen LogP contribution in [0, 0.1) is 0 Å². The smallest absolute Gasteiger partial charge is 0.335 e. The van der Waals surface area contributed by atoms with Crippen LogP contribution in [0.3, 0.4) is 0 Å². The number of carbonyl (C=O) groups is 1. The summed E-state index contributed by atoms with van der Waals surface area (Å²) in [5.74, 6) is -0.912. The lowest BCUT2D eigenvalue weighted by Crippen LogP contribution is -1.95. The van der Waals surface area contributed by atoms with Crippen LogP contribution in [0.15, 0.2) is 36.7 Å². The van der Waals surface area contributed by atoms with Gasteiger partial charge in [-0.1, -0.05) is 12.1 Å². The van der Waals surface area contributed by atoms with Crippen molar-refractivity contribution >= 4 is 5.97 Å². The first-order valence-electron chi connectivity index (χ1n) is 5.07. The number of carboxylic acid groups (broad SMARTS) is 1. The van der Waals surface area contributed by atoms with Crippen LogP contribution in [-0.2, 0) is 6.54 Å². The maximum absolute atomic E-state index is 10.8. The van der Waals surface area contributed by atoms with E-state index in [2.05, 4.69) is 5.10 Å². The fourth-order valence-electron chi connectivity index (χ4n) is 1.52. The Hall–Kier alpha value is -2.10. The Morgan fingerprint density at radius 3 is 2.88 bits per heavy atom. The van der Waals surface area contributed by atoms with Crippen LogP contribution in [0.4, 0.5) is 0 Å². The monoisotopic (exact) mass is 216 g/mol.